The minimum Gasteiger partial charge on any atom is -0.207 e. The lowest BCUT2D eigenvalue weighted by Gasteiger charge is -2.08. The maximum absolute atomic E-state index is 12.3. The van der Waals surface area contributed by atoms with E-state index in [-0.39, 0.29) is 0 Å². The molecule has 0 fully saturated rings. The summed E-state index contributed by atoms with van der Waals surface area (Å²) in [5.41, 5.74) is 2.10. The molecule has 3 nitrogen and oxygen atoms in total. The quantitative estimate of drug-likeness (QED) is 0.864. The maximum atomic E-state index is 12.3. The van der Waals surface area contributed by atoms with Gasteiger partial charge in [-0.05, 0) is 54.1 Å². The Morgan fingerprint density at radius 1 is 1.30 bits per heavy atom. The summed E-state index contributed by atoms with van der Waals surface area (Å²) in [6.45, 7) is 4.29. The molecular weight excluding hydrogens is 358 g/mol. The number of halogens is 1. The highest BCUT2D eigenvalue weighted by atomic mass is 79.9. The minimum absolute atomic E-state index is 0.299. The monoisotopic (exact) mass is 373 g/mol. The maximum Gasteiger partial charge on any atom is 0.240 e. The second-order valence-corrected chi connectivity index (χ2v) is 8.08. The van der Waals surface area contributed by atoms with Gasteiger partial charge in [-0.15, -0.1) is 11.3 Å². The van der Waals surface area contributed by atoms with Crippen molar-refractivity contribution in [3.05, 3.63) is 50.1 Å². The van der Waals surface area contributed by atoms with Gasteiger partial charge in [0.05, 0.1) is 4.90 Å². The normalized spacial score (nSPS) is 11.8. The molecule has 1 heterocycles. The van der Waals surface area contributed by atoms with Crippen LogP contribution in [-0.4, -0.2) is 8.42 Å². The largest absolute Gasteiger partial charge is 0.240 e. The van der Waals surface area contributed by atoms with Gasteiger partial charge in [-0.2, -0.15) is 0 Å². The van der Waals surface area contributed by atoms with Gasteiger partial charge >= 0.3 is 0 Å². The average molecular weight is 374 g/mol. The highest BCUT2D eigenvalue weighted by Crippen LogP contribution is 2.21. The van der Waals surface area contributed by atoms with Gasteiger partial charge in [0.25, 0.3) is 0 Å². The molecule has 2 rings (SSSR count). The van der Waals surface area contributed by atoms with E-state index in [4.69, 9.17) is 0 Å². The van der Waals surface area contributed by atoms with Crippen molar-refractivity contribution >= 4 is 37.3 Å². The summed E-state index contributed by atoms with van der Waals surface area (Å²) in [4.78, 5) is 1.37. The first-order chi connectivity index (χ1) is 9.44. The molecule has 0 aliphatic heterocycles. The Kier molecular flexibility index (Phi) is 5.01. The third-order valence-electron chi connectivity index (χ3n) is 3.08. The summed E-state index contributed by atoms with van der Waals surface area (Å²) in [6.07, 6.45) is 0.915. The fourth-order valence-corrected chi connectivity index (χ4v) is 4.20. The number of aryl methyl sites for hydroxylation is 2. The summed E-state index contributed by atoms with van der Waals surface area (Å²) in [6, 6.07) is 7.07. The van der Waals surface area contributed by atoms with Crippen molar-refractivity contribution in [2.45, 2.75) is 31.7 Å². The van der Waals surface area contributed by atoms with Crippen LogP contribution in [-0.2, 0) is 23.0 Å². The van der Waals surface area contributed by atoms with Crippen LogP contribution in [0.5, 0.6) is 0 Å². The van der Waals surface area contributed by atoms with Crippen LogP contribution in [0.15, 0.2) is 39.0 Å². The molecule has 0 bridgehead atoms. The van der Waals surface area contributed by atoms with Crippen LogP contribution < -0.4 is 4.72 Å². The van der Waals surface area contributed by atoms with Gasteiger partial charge in [-0.3, -0.25) is 0 Å². The first kappa shape index (κ1) is 15.7. The van der Waals surface area contributed by atoms with Crippen LogP contribution in [0, 0.1) is 6.92 Å². The zero-order valence-corrected chi connectivity index (χ0v) is 14.5. The van der Waals surface area contributed by atoms with Crippen molar-refractivity contribution in [3.63, 3.8) is 0 Å². The lowest BCUT2D eigenvalue weighted by Crippen LogP contribution is -2.23. The third kappa shape index (κ3) is 3.49. The van der Waals surface area contributed by atoms with Crippen LogP contribution in [0.25, 0.3) is 0 Å². The fraction of sp³-hybridized carbons (Fsp3) is 0.286. The SMILES string of the molecule is CCc1ccsc1CNS(=O)(=O)c1ccc(Br)c(C)c1. The molecule has 0 atom stereocenters. The number of hydrogen-bond donors (Lipinski definition) is 1. The van der Waals surface area contributed by atoms with Crippen LogP contribution in [0.1, 0.15) is 22.9 Å². The fourth-order valence-electron chi connectivity index (χ4n) is 1.87. The standard InChI is InChI=1S/C14H16BrNO2S2/c1-3-11-6-7-19-14(11)9-16-20(17,18)12-4-5-13(15)10(2)8-12/h4-8,16H,3,9H2,1-2H3. The molecule has 0 aliphatic carbocycles. The molecule has 0 radical (unpaired) electrons. The van der Waals surface area contributed by atoms with Gasteiger partial charge in [0.15, 0.2) is 0 Å². The second-order valence-electron chi connectivity index (χ2n) is 4.46. The summed E-state index contributed by atoms with van der Waals surface area (Å²) in [7, 11) is -3.46. The molecule has 6 heteroatoms. The second kappa shape index (κ2) is 6.39. The molecule has 20 heavy (non-hydrogen) atoms. The summed E-state index contributed by atoms with van der Waals surface area (Å²) >= 11 is 4.95. The van der Waals surface area contributed by atoms with E-state index in [2.05, 4.69) is 27.6 Å². The number of nitrogens with one attached hydrogen (secondary N) is 1. The lowest BCUT2D eigenvalue weighted by molar-refractivity contribution is 0.581. The topological polar surface area (TPSA) is 46.2 Å². The molecule has 108 valence electrons. The molecule has 2 aromatic rings. The van der Waals surface area contributed by atoms with Crippen molar-refractivity contribution in [1.82, 2.24) is 4.72 Å². The van der Waals surface area contributed by atoms with Crippen molar-refractivity contribution in [2.24, 2.45) is 0 Å². The highest BCUT2D eigenvalue weighted by Gasteiger charge is 2.15. The zero-order chi connectivity index (χ0) is 14.8. The first-order valence-corrected chi connectivity index (χ1v) is 9.40. The molecule has 1 aromatic heterocycles. The van der Waals surface area contributed by atoms with Gasteiger partial charge in [-0.1, -0.05) is 22.9 Å². The number of hydrogen-bond acceptors (Lipinski definition) is 3. The predicted octanol–water partition coefficient (Wildman–Crippen LogP) is 3.86. The Balaban J connectivity index is 2.17. The molecule has 0 unspecified atom stereocenters. The van der Waals surface area contributed by atoms with E-state index in [0.717, 1.165) is 21.3 Å². The Morgan fingerprint density at radius 3 is 2.70 bits per heavy atom. The summed E-state index contributed by atoms with van der Waals surface area (Å²) in [5, 5.41) is 1.99. The molecule has 1 aromatic carbocycles. The van der Waals surface area contributed by atoms with Crippen LogP contribution >= 0.6 is 27.3 Å². The van der Waals surface area contributed by atoms with Crippen molar-refractivity contribution in [2.75, 3.05) is 0 Å². The summed E-state index contributed by atoms with van der Waals surface area (Å²) < 4.78 is 28.1. The zero-order valence-electron chi connectivity index (χ0n) is 11.3. The van der Waals surface area contributed by atoms with Crippen LogP contribution in [0.3, 0.4) is 0 Å². The van der Waals surface area contributed by atoms with Crippen LogP contribution in [0.2, 0.25) is 0 Å². The number of rotatable bonds is 5. The van der Waals surface area contributed by atoms with Gasteiger partial charge in [0.1, 0.15) is 0 Å². The molecule has 0 aliphatic rings. The van der Waals surface area contributed by atoms with Crippen molar-refractivity contribution < 1.29 is 8.42 Å². The molecule has 0 spiro atoms. The van der Waals surface area contributed by atoms with E-state index in [1.54, 1.807) is 29.5 Å². The number of thiophene rings is 1. The molecule has 0 amide bonds. The predicted molar refractivity (Wildman–Crippen MR) is 86.6 cm³/mol. The van der Waals surface area contributed by atoms with Crippen molar-refractivity contribution in [1.29, 1.82) is 0 Å². The van der Waals surface area contributed by atoms with E-state index in [1.807, 2.05) is 18.4 Å². The molecular formula is C14H16BrNO2S2. The molecule has 0 saturated carbocycles. The Morgan fingerprint density at radius 2 is 2.05 bits per heavy atom. The summed E-state index contributed by atoms with van der Waals surface area (Å²) in [5.74, 6) is 0. The Hall–Kier alpha value is -0.690. The minimum atomic E-state index is -3.46. The number of sulfonamides is 1. The van der Waals surface area contributed by atoms with Gasteiger partial charge in [0.2, 0.25) is 10.0 Å². The van der Waals surface area contributed by atoms with E-state index in [1.165, 1.54) is 5.56 Å². The third-order valence-corrected chi connectivity index (χ3v) is 6.33. The average Bonchev–Trinajstić information content (AvgIpc) is 2.87. The molecule has 0 saturated heterocycles. The first-order valence-electron chi connectivity index (χ1n) is 6.25. The van der Waals surface area contributed by atoms with Gasteiger partial charge in [-0.25, -0.2) is 13.1 Å². The Bertz CT molecular complexity index is 708. The van der Waals surface area contributed by atoms with E-state index in [0.29, 0.717) is 11.4 Å². The van der Waals surface area contributed by atoms with Gasteiger partial charge in [0, 0.05) is 15.9 Å². The highest BCUT2D eigenvalue weighted by molar-refractivity contribution is 9.10. The smallest absolute Gasteiger partial charge is 0.207 e. The van der Waals surface area contributed by atoms with Gasteiger partial charge < -0.3 is 0 Å². The van der Waals surface area contributed by atoms with E-state index in [9.17, 15) is 8.42 Å². The molecule has 1 N–H and O–H groups in total. The van der Waals surface area contributed by atoms with Crippen LogP contribution in [0.4, 0.5) is 0 Å². The Labute approximate surface area is 132 Å². The van der Waals surface area contributed by atoms with E-state index < -0.39 is 10.0 Å². The number of benzene rings is 1. The van der Waals surface area contributed by atoms with E-state index >= 15 is 0 Å². The lowest BCUT2D eigenvalue weighted by atomic mass is 10.2. The van der Waals surface area contributed by atoms with Crippen molar-refractivity contribution in [3.8, 4) is 0 Å².